The normalized spacial score (nSPS) is 31.5. The van der Waals surface area contributed by atoms with Crippen LogP contribution in [0.4, 0.5) is 0 Å². The first-order valence-electron chi connectivity index (χ1n) is 4.58. The van der Waals surface area contributed by atoms with Crippen molar-refractivity contribution in [3.63, 3.8) is 0 Å². The molecule has 0 aromatic rings. The summed E-state index contributed by atoms with van der Waals surface area (Å²) in [4.78, 5) is 2.23. The van der Waals surface area contributed by atoms with Crippen molar-refractivity contribution >= 4 is 15.9 Å². The molecule has 0 aromatic heterocycles. The summed E-state index contributed by atoms with van der Waals surface area (Å²) in [6.07, 6.45) is 5.96. The third kappa shape index (κ3) is 2.98. The van der Waals surface area contributed by atoms with Crippen LogP contribution < -0.4 is 0 Å². The Morgan fingerprint density at radius 3 is 2.92 bits per heavy atom. The summed E-state index contributed by atoms with van der Waals surface area (Å²) in [5.41, 5.74) is -0.869. The predicted octanol–water partition coefficient (Wildman–Crippen LogP) is 1.09. The molecule has 2 nitrogen and oxygen atoms in total. The van der Waals surface area contributed by atoms with Crippen LogP contribution in [0.15, 0.2) is 0 Å². The standard InChI is InChI=1S/C10H16BrNO/c1-3-10(13)4-5-12(8-10)7-9(2)6-11/h1,9,13H,4-8H2,2H3. The van der Waals surface area contributed by atoms with Crippen LogP contribution in [-0.4, -0.2) is 40.6 Å². The Bertz CT molecular complexity index is 213. The Morgan fingerprint density at radius 2 is 2.46 bits per heavy atom. The van der Waals surface area contributed by atoms with Gasteiger partial charge >= 0.3 is 0 Å². The molecule has 1 N–H and O–H groups in total. The zero-order valence-electron chi connectivity index (χ0n) is 7.96. The zero-order valence-corrected chi connectivity index (χ0v) is 9.55. The lowest BCUT2D eigenvalue weighted by atomic mass is 10.1. The number of nitrogens with zero attached hydrogens (tertiary/aromatic N) is 1. The summed E-state index contributed by atoms with van der Waals surface area (Å²) in [6, 6.07) is 0. The molecular formula is C10H16BrNO. The lowest BCUT2D eigenvalue weighted by Gasteiger charge is -2.20. The molecule has 1 aliphatic rings. The van der Waals surface area contributed by atoms with Crippen molar-refractivity contribution in [2.24, 2.45) is 5.92 Å². The van der Waals surface area contributed by atoms with Crippen molar-refractivity contribution in [1.29, 1.82) is 0 Å². The van der Waals surface area contributed by atoms with Gasteiger partial charge in [-0.15, -0.1) is 6.42 Å². The van der Waals surface area contributed by atoms with E-state index in [1.807, 2.05) is 0 Å². The molecule has 13 heavy (non-hydrogen) atoms. The minimum atomic E-state index is -0.869. The maximum Gasteiger partial charge on any atom is 0.139 e. The van der Waals surface area contributed by atoms with Gasteiger partial charge in [-0.3, -0.25) is 4.90 Å². The predicted molar refractivity (Wildman–Crippen MR) is 57.8 cm³/mol. The highest BCUT2D eigenvalue weighted by molar-refractivity contribution is 9.09. The monoisotopic (exact) mass is 245 g/mol. The lowest BCUT2D eigenvalue weighted by Crippen LogP contribution is -2.33. The van der Waals surface area contributed by atoms with Gasteiger partial charge in [-0.25, -0.2) is 0 Å². The second kappa shape index (κ2) is 4.45. The first-order chi connectivity index (χ1) is 6.09. The molecule has 1 aliphatic heterocycles. The fourth-order valence-corrected chi connectivity index (χ4v) is 1.84. The van der Waals surface area contributed by atoms with Gasteiger partial charge in [-0.2, -0.15) is 0 Å². The topological polar surface area (TPSA) is 23.5 Å². The van der Waals surface area contributed by atoms with Gasteiger partial charge in [-0.05, 0) is 5.92 Å². The highest BCUT2D eigenvalue weighted by Gasteiger charge is 2.34. The highest BCUT2D eigenvalue weighted by atomic mass is 79.9. The summed E-state index contributed by atoms with van der Waals surface area (Å²) in [6.45, 7) is 4.73. The maximum absolute atomic E-state index is 9.77. The summed E-state index contributed by atoms with van der Waals surface area (Å²) in [5, 5.41) is 10.8. The first kappa shape index (κ1) is 11.0. The minimum Gasteiger partial charge on any atom is -0.376 e. The Hall–Kier alpha value is -0.0400. The summed E-state index contributed by atoms with van der Waals surface area (Å²) in [5.74, 6) is 3.07. The first-order valence-corrected chi connectivity index (χ1v) is 5.70. The highest BCUT2D eigenvalue weighted by Crippen LogP contribution is 2.21. The van der Waals surface area contributed by atoms with E-state index in [4.69, 9.17) is 6.42 Å². The number of aliphatic hydroxyl groups is 1. The quantitative estimate of drug-likeness (QED) is 0.595. The van der Waals surface area contributed by atoms with Gasteiger partial charge in [0.15, 0.2) is 0 Å². The molecule has 0 bridgehead atoms. The van der Waals surface area contributed by atoms with Crippen LogP contribution >= 0.6 is 15.9 Å². The third-order valence-corrected chi connectivity index (χ3v) is 3.53. The van der Waals surface area contributed by atoms with Crippen LogP contribution in [0.5, 0.6) is 0 Å². The average Bonchev–Trinajstić information content (AvgIpc) is 2.48. The molecule has 1 saturated heterocycles. The number of alkyl halides is 1. The van der Waals surface area contributed by atoms with Gasteiger partial charge in [0, 0.05) is 31.4 Å². The summed E-state index contributed by atoms with van der Waals surface area (Å²) in [7, 11) is 0. The Kier molecular flexibility index (Phi) is 3.78. The number of β-amino-alcohol motifs (C(OH)–C–C–N with tert-alkyl or cyclic N) is 1. The average molecular weight is 246 g/mol. The molecule has 0 saturated carbocycles. The van der Waals surface area contributed by atoms with Gasteiger partial charge in [0.2, 0.25) is 0 Å². The Morgan fingerprint density at radius 1 is 1.77 bits per heavy atom. The van der Waals surface area contributed by atoms with E-state index < -0.39 is 5.60 Å². The van der Waals surface area contributed by atoms with Crippen molar-refractivity contribution < 1.29 is 5.11 Å². The van der Waals surface area contributed by atoms with E-state index in [9.17, 15) is 5.11 Å². The molecule has 0 aliphatic carbocycles. The van der Waals surface area contributed by atoms with Crippen LogP contribution in [0.3, 0.4) is 0 Å². The van der Waals surface area contributed by atoms with Crippen molar-refractivity contribution in [2.75, 3.05) is 25.0 Å². The van der Waals surface area contributed by atoms with E-state index >= 15 is 0 Å². The molecule has 1 rings (SSSR count). The number of terminal acetylenes is 1. The second-order valence-electron chi connectivity index (χ2n) is 3.92. The van der Waals surface area contributed by atoms with E-state index in [0.29, 0.717) is 18.9 Å². The number of likely N-dealkylation sites (tertiary alicyclic amines) is 1. The van der Waals surface area contributed by atoms with Crippen LogP contribution in [0.25, 0.3) is 0 Å². The van der Waals surface area contributed by atoms with Crippen LogP contribution in [0, 0.1) is 18.3 Å². The molecule has 0 spiro atoms. The van der Waals surface area contributed by atoms with Gasteiger partial charge in [-0.1, -0.05) is 28.8 Å². The van der Waals surface area contributed by atoms with E-state index in [0.717, 1.165) is 18.4 Å². The number of hydrogen-bond donors (Lipinski definition) is 1. The molecular weight excluding hydrogens is 230 g/mol. The fraction of sp³-hybridized carbons (Fsp3) is 0.800. The maximum atomic E-state index is 9.77. The molecule has 2 atom stereocenters. The number of halogens is 1. The molecule has 0 radical (unpaired) electrons. The van der Waals surface area contributed by atoms with E-state index in [-0.39, 0.29) is 0 Å². The van der Waals surface area contributed by atoms with Gasteiger partial charge in [0.1, 0.15) is 5.60 Å². The molecule has 0 aromatic carbocycles. The van der Waals surface area contributed by atoms with Crippen LogP contribution in [-0.2, 0) is 0 Å². The molecule has 3 heteroatoms. The van der Waals surface area contributed by atoms with Crippen LogP contribution in [0.2, 0.25) is 0 Å². The molecule has 74 valence electrons. The van der Waals surface area contributed by atoms with E-state index in [1.165, 1.54) is 0 Å². The van der Waals surface area contributed by atoms with Crippen molar-refractivity contribution in [2.45, 2.75) is 18.9 Å². The van der Waals surface area contributed by atoms with E-state index in [1.54, 1.807) is 0 Å². The SMILES string of the molecule is C#CC1(O)CCN(CC(C)CBr)C1. The molecule has 0 amide bonds. The lowest BCUT2D eigenvalue weighted by molar-refractivity contribution is 0.107. The third-order valence-electron chi connectivity index (χ3n) is 2.43. The smallest absolute Gasteiger partial charge is 0.139 e. The van der Waals surface area contributed by atoms with Gasteiger partial charge in [0.25, 0.3) is 0 Å². The fourth-order valence-electron chi connectivity index (χ4n) is 1.63. The second-order valence-corrected chi connectivity index (χ2v) is 4.57. The zero-order chi connectivity index (χ0) is 9.90. The van der Waals surface area contributed by atoms with Crippen molar-refractivity contribution in [1.82, 2.24) is 4.90 Å². The molecule has 1 heterocycles. The Balaban J connectivity index is 2.38. The number of hydrogen-bond acceptors (Lipinski definition) is 2. The molecule has 1 fully saturated rings. The Labute approximate surface area is 88.4 Å². The van der Waals surface area contributed by atoms with Crippen molar-refractivity contribution in [3.8, 4) is 12.3 Å². The summed E-state index contributed by atoms with van der Waals surface area (Å²) >= 11 is 3.44. The van der Waals surface area contributed by atoms with Gasteiger partial charge in [0.05, 0.1) is 0 Å². The van der Waals surface area contributed by atoms with Gasteiger partial charge < -0.3 is 5.11 Å². The largest absolute Gasteiger partial charge is 0.376 e. The molecule has 2 unspecified atom stereocenters. The van der Waals surface area contributed by atoms with E-state index in [2.05, 4.69) is 33.7 Å². The van der Waals surface area contributed by atoms with Crippen LogP contribution in [0.1, 0.15) is 13.3 Å². The summed E-state index contributed by atoms with van der Waals surface area (Å²) < 4.78 is 0. The minimum absolute atomic E-state index is 0.611. The van der Waals surface area contributed by atoms with Crippen molar-refractivity contribution in [3.05, 3.63) is 0 Å². The number of rotatable bonds is 3.